The molecule has 2 aromatic carbocycles. The zero-order valence-electron chi connectivity index (χ0n) is 18.4. The van der Waals surface area contributed by atoms with Gasteiger partial charge < -0.3 is 20.1 Å². The second-order valence-corrected chi connectivity index (χ2v) is 6.85. The predicted octanol–water partition coefficient (Wildman–Crippen LogP) is 4.16. The number of nitrogens with two attached hydrogens (primary N) is 1. The molecule has 0 aliphatic heterocycles. The minimum Gasteiger partial charge on any atom is -0.490 e. The maximum Gasteiger partial charge on any atom is 0.249 e. The predicted molar refractivity (Wildman–Crippen MR) is 119 cm³/mol. The summed E-state index contributed by atoms with van der Waals surface area (Å²) in [6.07, 6.45) is 0.401. The van der Waals surface area contributed by atoms with Crippen molar-refractivity contribution in [2.24, 2.45) is 5.73 Å². The summed E-state index contributed by atoms with van der Waals surface area (Å²) >= 11 is 0. The first-order chi connectivity index (χ1) is 14.5. The van der Waals surface area contributed by atoms with E-state index in [1.54, 1.807) is 30.3 Å². The van der Waals surface area contributed by atoms with Gasteiger partial charge in [-0.1, -0.05) is 39.0 Å². The third-order valence-electron chi connectivity index (χ3n) is 5.03. The number of rotatable bonds is 12. The molecule has 0 aromatic heterocycles. The van der Waals surface area contributed by atoms with Crippen LogP contribution >= 0.6 is 0 Å². The van der Waals surface area contributed by atoms with Gasteiger partial charge in [0.2, 0.25) is 5.91 Å². The van der Waals surface area contributed by atoms with Gasteiger partial charge in [0.1, 0.15) is 6.61 Å². The second kappa shape index (κ2) is 11.4. The van der Waals surface area contributed by atoms with Crippen LogP contribution in [0.15, 0.2) is 36.4 Å². The van der Waals surface area contributed by atoms with Crippen molar-refractivity contribution in [1.82, 2.24) is 4.90 Å². The van der Waals surface area contributed by atoms with Gasteiger partial charge in [-0.3, -0.25) is 9.59 Å². The van der Waals surface area contributed by atoms with Crippen LogP contribution in [0.2, 0.25) is 0 Å². The van der Waals surface area contributed by atoms with Gasteiger partial charge in [-0.25, -0.2) is 0 Å². The summed E-state index contributed by atoms with van der Waals surface area (Å²) in [5.41, 5.74) is 7.84. The van der Waals surface area contributed by atoms with Crippen molar-refractivity contribution in [2.45, 2.75) is 34.1 Å². The second-order valence-electron chi connectivity index (χ2n) is 6.85. The minimum absolute atomic E-state index is 0.0300. The average Bonchev–Trinajstić information content (AvgIpc) is 2.76. The number of benzene rings is 2. The largest absolute Gasteiger partial charge is 0.490 e. The number of hydrogen-bond donors (Lipinski definition) is 1. The van der Waals surface area contributed by atoms with E-state index >= 15 is 0 Å². The fourth-order valence-electron chi connectivity index (χ4n) is 3.34. The molecule has 0 aliphatic carbocycles. The topological polar surface area (TPSA) is 81.9 Å². The maximum absolute atomic E-state index is 12.2. The van der Waals surface area contributed by atoms with Crippen LogP contribution in [-0.4, -0.2) is 49.4 Å². The van der Waals surface area contributed by atoms with Crippen LogP contribution in [0.3, 0.4) is 0 Å². The van der Waals surface area contributed by atoms with Crippen molar-refractivity contribution in [3.8, 4) is 22.6 Å². The van der Waals surface area contributed by atoms with Crippen molar-refractivity contribution in [3.05, 3.63) is 47.5 Å². The Labute approximate surface area is 179 Å². The van der Waals surface area contributed by atoms with Crippen LogP contribution in [-0.2, 0) is 0 Å². The van der Waals surface area contributed by atoms with Crippen molar-refractivity contribution in [2.75, 3.05) is 32.8 Å². The van der Waals surface area contributed by atoms with Crippen LogP contribution in [0.1, 0.15) is 54.8 Å². The number of Topliss-reactive ketones (excluding diaryl/α,β-unsaturated/α-hetero) is 1. The molecule has 30 heavy (non-hydrogen) atoms. The molecule has 0 fully saturated rings. The smallest absolute Gasteiger partial charge is 0.249 e. The van der Waals surface area contributed by atoms with E-state index in [9.17, 15) is 9.59 Å². The SMILES string of the molecule is CCOc1ccc(C(N)=O)c(-c2cccc(C(=O)CC)c2)c1OCCN(CC)CC. The standard InChI is InChI=1S/C24H32N2O4/c1-5-20(27)17-10-9-11-18(16-17)22-19(24(25)28)12-13-21(29-8-4)23(22)30-15-14-26(6-2)7-3/h9-13,16H,5-8,14-15H2,1-4H3,(H2,25,28). The van der Waals surface area contributed by atoms with E-state index in [1.807, 2.05) is 19.9 Å². The third kappa shape index (κ3) is 5.60. The van der Waals surface area contributed by atoms with Gasteiger partial charge in [0.05, 0.1) is 12.2 Å². The molecule has 2 rings (SSSR count). The molecule has 0 unspecified atom stereocenters. The lowest BCUT2D eigenvalue weighted by atomic mass is 9.95. The first kappa shape index (κ1) is 23.4. The average molecular weight is 413 g/mol. The van der Waals surface area contributed by atoms with E-state index in [-0.39, 0.29) is 5.78 Å². The lowest BCUT2D eigenvalue weighted by Gasteiger charge is -2.21. The number of likely N-dealkylation sites (N-methyl/N-ethyl adjacent to an activating group) is 1. The summed E-state index contributed by atoms with van der Waals surface area (Å²) in [7, 11) is 0. The number of amides is 1. The molecule has 0 radical (unpaired) electrons. The van der Waals surface area contributed by atoms with E-state index in [4.69, 9.17) is 15.2 Å². The first-order valence-corrected chi connectivity index (χ1v) is 10.5. The third-order valence-corrected chi connectivity index (χ3v) is 5.03. The number of carbonyl (C=O) groups is 2. The Balaban J connectivity index is 2.58. The van der Waals surface area contributed by atoms with Gasteiger partial charge in [-0.05, 0) is 43.8 Å². The molecular formula is C24H32N2O4. The monoisotopic (exact) mass is 412 g/mol. The fraction of sp³-hybridized carbons (Fsp3) is 0.417. The lowest BCUT2D eigenvalue weighted by Crippen LogP contribution is -2.28. The highest BCUT2D eigenvalue weighted by Crippen LogP contribution is 2.41. The zero-order chi connectivity index (χ0) is 22.1. The Bertz CT molecular complexity index is 876. The van der Waals surface area contributed by atoms with Crippen molar-refractivity contribution in [3.63, 3.8) is 0 Å². The number of hydrogen-bond acceptors (Lipinski definition) is 5. The van der Waals surface area contributed by atoms with E-state index < -0.39 is 5.91 Å². The summed E-state index contributed by atoms with van der Waals surface area (Å²) in [6.45, 7) is 11.4. The van der Waals surface area contributed by atoms with E-state index in [1.165, 1.54) is 0 Å². The van der Waals surface area contributed by atoms with Crippen molar-refractivity contribution >= 4 is 11.7 Å². The van der Waals surface area contributed by atoms with E-state index in [0.29, 0.717) is 53.4 Å². The minimum atomic E-state index is -0.561. The molecule has 0 saturated heterocycles. The van der Waals surface area contributed by atoms with Crippen molar-refractivity contribution in [1.29, 1.82) is 0 Å². The Kier molecular flexibility index (Phi) is 8.87. The molecule has 0 saturated carbocycles. The summed E-state index contributed by atoms with van der Waals surface area (Å²) in [4.78, 5) is 26.7. The molecule has 0 bridgehead atoms. The Morgan fingerprint density at radius 2 is 1.73 bits per heavy atom. The molecule has 6 heteroatoms. The zero-order valence-corrected chi connectivity index (χ0v) is 18.4. The Morgan fingerprint density at radius 1 is 1.00 bits per heavy atom. The number of nitrogens with zero attached hydrogens (tertiary/aromatic N) is 1. The van der Waals surface area contributed by atoms with Crippen molar-refractivity contribution < 1.29 is 19.1 Å². The molecule has 2 N–H and O–H groups in total. The molecule has 6 nitrogen and oxygen atoms in total. The normalized spacial score (nSPS) is 10.8. The van der Waals surface area contributed by atoms with E-state index in [2.05, 4.69) is 18.7 Å². The van der Waals surface area contributed by atoms with E-state index in [0.717, 1.165) is 19.6 Å². The number of ketones is 1. The molecule has 1 amide bonds. The molecule has 2 aromatic rings. The quantitative estimate of drug-likeness (QED) is 0.529. The highest BCUT2D eigenvalue weighted by molar-refractivity contribution is 6.03. The highest BCUT2D eigenvalue weighted by atomic mass is 16.5. The molecule has 162 valence electrons. The maximum atomic E-state index is 12.2. The van der Waals surface area contributed by atoms with Gasteiger partial charge >= 0.3 is 0 Å². The van der Waals surface area contributed by atoms with Gasteiger partial charge in [0.15, 0.2) is 17.3 Å². The van der Waals surface area contributed by atoms with Crippen LogP contribution in [0, 0.1) is 0 Å². The highest BCUT2D eigenvalue weighted by Gasteiger charge is 2.21. The van der Waals surface area contributed by atoms with Gasteiger partial charge in [0, 0.05) is 24.1 Å². The molecule has 0 heterocycles. The van der Waals surface area contributed by atoms with Gasteiger partial charge in [0.25, 0.3) is 0 Å². The Hall–Kier alpha value is -2.86. The summed E-state index contributed by atoms with van der Waals surface area (Å²) in [5, 5.41) is 0. The molecule has 0 atom stereocenters. The molecule has 0 spiro atoms. The number of primary amides is 1. The summed E-state index contributed by atoms with van der Waals surface area (Å²) in [6, 6.07) is 10.6. The summed E-state index contributed by atoms with van der Waals surface area (Å²) < 4.78 is 12.0. The Morgan fingerprint density at radius 3 is 2.33 bits per heavy atom. The lowest BCUT2D eigenvalue weighted by molar-refractivity contribution is 0.0984. The van der Waals surface area contributed by atoms with Crippen LogP contribution in [0.5, 0.6) is 11.5 Å². The summed E-state index contributed by atoms with van der Waals surface area (Å²) in [5.74, 6) is 0.488. The number of carbonyl (C=O) groups excluding carboxylic acids is 2. The molecular weight excluding hydrogens is 380 g/mol. The van der Waals surface area contributed by atoms with Crippen LogP contribution in [0.25, 0.3) is 11.1 Å². The van der Waals surface area contributed by atoms with Crippen LogP contribution < -0.4 is 15.2 Å². The van der Waals surface area contributed by atoms with Gasteiger partial charge in [-0.15, -0.1) is 0 Å². The fourth-order valence-corrected chi connectivity index (χ4v) is 3.34. The van der Waals surface area contributed by atoms with Gasteiger partial charge in [-0.2, -0.15) is 0 Å². The van der Waals surface area contributed by atoms with Crippen LogP contribution in [0.4, 0.5) is 0 Å². The first-order valence-electron chi connectivity index (χ1n) is 10.5. The number of ether oxygens (including phenoxy) is 2. The molecule has 0 aliphatic rings.